The van der Waals surface area contributed by atoms with Crippen molar-refractivity contribution in [3.05, 3.63) is 59.7 Å². The Morgan fingerprint density at radius 2 is 1.30 bits per heavy atom. The third-order valence-corrected chi connectivity index (χ3v) is 7.70. The molecule has 4 aliphatic carbocycles. The lowest BCUT2D eigenvalue weighted by Crippen LogP contribution is -2.51. The number of carbonyl (C=O) groups is 3. The summed E-state index contributed by atoms with van der Waals surface area (Å²) in [4.78, 5) is 39.8. The molecule has 5 aliphatic rings. The second-order valence-corrected chi connectivity index (χ2v) is 9.69. The monoisotopic (exact) mass is 400 g/mol. The van der Waals surface area contributed by atoms with Crippen LogP contribution in [0.15, 0.2) is 48.5 Å². The van der Waals surface area contributed by atoms with E-state index >= 15 is 0 Å². The summed E-state index contributed by atoms with van der Waals surface area (Å²) in [5.41, 5.74) is 1.91. The third kappa shape index (κ3) is 2.57. The molecule has 5 nitrogen and oxygen atoms in total. The molecule has 4 saturated carbocycles. The fourth-order valence-corrected chi connectivity index (χ4v) is 6.77. The molecule has 0 aromatic heterocycles. The predicted molar refractivity (Wildman–Crippen MR) is 113 cm³/mol. The number of fused-ring (bicyclic) bond motifs is 1. The van der Waals surface area contributed by atoms with Crippen molar-refractivity contribution in [1.82, 2.24) is 0 Å². The third-order valence-electron chi connectivity index (χ3n) is 7.70. The van der Waals surface area contributed by atoms with Crippen molar-refractivity contribution in [2.45, 2.75) is 38.5 Å². The van der Waals surface area contributed by atoms with Crippen LogP contribution in [0.3, 0.4) is 0 Å². The SMILES string of the molecule is O=C1c2ccccc2C(=O)N1c1ccc(NC(=O)C23CC4CC(CC(C4)C2)C3)cc1. The highest BCUT2D eigenvalue weighted by atomic mass is 16.2. The fraction of sp³-hybridized carbons (Fsp3) is 0.400. The first-order chi connectivity index (χ1) is 14.5. The summed E-state index contributed by atoms with van der Waals surface area (Å²) >= 11 is 0. The van der Waals surface area contributed by atoms with Crippen LogP contribution in [-0.2, 0) is 4.79 Å². The van der Waals surface area contributed by atoms with E-state index in [1.807, 2.05) is 0 Å². The average Bonchev–Trinajstić information content (AvgIpc) is 2.98. The molecule has 30 heavy (non-hydrogen) atoms. The zero-order valence-electron chi connectivity index (χ0n) is 16.8. The van der Waals surface area contributed by atoms with Gasteiger partial charge in [0.25, 0.3) is 11.8 Å². The lowest BCUT2D eigenvalue weighted by Gasteiger charge is -2.55. The summed E-state index contributed by atoms with van der Waals surface area (Å²) in [5.74, 6) is 1.70. The van der Waals surface area contributed by atoms with Crippen LogP contribution < -0.4 is 10.2 Å². The van der Waals surface area contributed by atoms with Crippen LogP contribution in [0.5, 0.6) is 0 Å². The number of hydrogen-bond acceptors (Lipinski definition) is 3. The van der Waals surface area contributed by atoms with E-state index in [0.29, 0.717) is 16.8 Å². The largest absolute Gasteiger partial charge is 0.326 e. The van der Waals surface area contributed by atoms with E-state index in [-0.39, 0.29) is 23.1 Å². The number of imide groups is 1. The van der Waals surface area contributed by atoms with Crippen LogP contribution in [0.4, 0.5) is 11.4 Å². The van der Waals surface area contributed by atoms with E-state index in [0.717, 1.165) is 42.7 Å². The Balaban J connectivity index is 1.21. The molecule has 2 aromatic carbocycles. The Morgan fingerprint density at radius 1 is 0.800 bits per heavy atom. The highest BCUT2D eigenvalue weighted by Crippen LogP contribution is 2.60. The first-order valence-corrected chi connectivity index (χ1v) is 10.9. The molecular formula is C25H24N2O3. The van der Waals surface area contributed by atoms with Gasteiger partial charge in [0.2, 0.25) is 5.91 Å². The van der Waals surface area contributed by atoms with Crippen molar-refractivity contribution in [1.29, 1.82) is 0 Å². The maximum atomic E-state index is 13.2. The average molecular weight is 400 g/mol. The smallest absolute Gasteiger partial charge is 0.266 e. The van der Waals surface area contributed by atoms with Crippen LogP contribution in [0.2, 0.25) is 0 Å². The standard InChI is InChI=1S/C25H24N2O3/c28-22-20-3-1-2-4-21(20)23(29)27(22)19-7-5-18(6-8-19)26-24(30)25-12-15-9-16(13-25)11-17(10-15)14-25/h1-8,15-17H,9-14H2,(H,26,30). The van der Waals surface area contributed by atoms with Gasteiger partial charge >= 0.3 is 0 Å². The molecule has 152 valence electrons. The molecule has 1 heterocycles. The Kier molecular flexibility index (Phi) is 3.74. The predicted octanol–water partition coefficient (Wildman–Crippen LogP) is 4.64. The van der Waals surface area contributed by atoms with Crippen molar-refractivity contribution in [2.24, 2.45) is 23.2 Å². The zero-order chi connectivity index (χ0) is 20.5. The summed E-state index contributed by atoms with van der Waals surface area (Å²) in [6.07, 6.45) is 7.00. The van der Waals surface area contributed by atoms with Gasteiger partial charge < -0.3 is 5.32 Å². The van der Waals surface area contributed by atoms with E-state index in [9.17, 15) is 14.4 Å². The number of hydrogen-bond donors (Lipinski definition) is 1. The van der Waals surface area contributed by atoms with Gasteiger partial charge in [0.05, 0.1) is 22.2 Å². The van der Waals surface area contributed by atoms with E-state index in [1.54, 1.807) is 48.5 Å². The van der Waals surface area contributed by atoms with E-state index in [1.165, 1.54) is 24.2 Å². The van der Waals surface area contributed by atoms with Gasteiger partial charge in [-0.25, -0.2) is 4.90 Å². The number of anilines is 2. The van der Waals surface area contributed by atoms with Crippen molar-refractivity contribution in [3.63, 3.8) is 0 Å². The van der Waals surface area contributed by atoms with Gasteiger partial charge in [-0.15, -0.1) is 0 Å². The van der Waals surface area contributed by atoms with E-state index in [4.69, 9.17) is 0 Å². The molecule has 0 radical (unpaired) electrons. The topological polar surface area (TPSA) is 66.5 Å². The summed E-state index contributed by atoms with van der Waals surface area (Å²) in [5, 5.41) is 3.13. The van der Waals surface area contributed by atoms with Crippen LogP contribution in [0.1, 0.15) is 59.2 Å². The zero-order valence-corrected chi connectivity index (χ0v) is 16.8. The van der Waals surface area contributed by atoms with Crippen molar-refractivity contribution in [2.75, 3.05) is 10.2 Å². The minimum absolute atomic E-state index is 0.148. The summed E-state index contributed by atoms with van der Waals surface area (Å²) in [6.45, 7) is 0. The minimum Gasteiger partial charge on any atom is -0.326 e. The minimum atomic E-state index is -0.305. The molecule has 4 fully saturated rings. The number of nitrogens with one attached hydrogen (secondary N) is 1. The van der Waals surface area contributed by atoms with Crippen LogP contribution in [0, 0.1) is 23.2 Å². The maximum Gasteiger partial charge on any atom is 0.266 e. The first-order valence-electron chi connectivity index (χ1n) is 10.9. The number of carbonyl (C=O) groups excluding carboxylic acids is 3. The molecule has 5 heteroatoms. The first kappa shape index (κ1) is 17.9. The Labute approximate surface area is 175 Å². The van der Waals surface area contributed by atoms with Gasteiger partial charge in [-0.05, 0) is 92.7 Å². The summed E-state index contributed by atoms with van der Waals surface area (Å²) in [7, 11) is 0. The Morgan fingerprint density at radius 3 is 1.80 bits per heavy atom. The molecular weight excluding hydrogens is 376 g/mol. The molecule has 2 aromatic rings. The molecule has 0 saturated heterocycles. The van der Waals surface area contributed by atoms with Gasteiger partial charge in [0.1, 0.15) is 0 Å². The lowest BCUT2D eigenvalue weighted by molar-refractivity contribution is -0.140. The van der Waals surface area contributed by atoms with Crippen LogP contribution in [-0.4, -0.2) is 17.7 Å². The summed E-state index contributed by atoms with van der Waals surface area (Å²) in [6, 6.07) is 13.9. The van der Waals surface area contributed by atoms with Gasteiger partial charge in [-0.2, -0.15) is 0 Å². The van der Waals surface area contributed by atoms with Crippen LogP contribution in [0.25, 0.3) is 0 Å². The number of nitrogens with zero attached hydrogens (tertiary/aromatic N) is 1. The molecule has 4 bridgehead atoms. The van der Waals surface area contributed by atoms with Crippen molar-refractivity contribution >= 4 is 29.1 Å². The van der Waals surface area contributed by atoms with Gasteiger partial charge in [-0.3, -0.25) is 14.4 Å². The van der Waals surface area contributed by atoms with Gasteiger partial charge in [-0.1, -0.05) is 12.1 Å². The normalized spacial score (nSPS) is 31.2. The molecule has 3 amide bonds. The molecule has 1 aliphatic heterocycles. The molecule has 7 rings (SSSR count). The Hall–Kier alpha value is -2.95. The number of benzene rings is 2. The summed E-state index contributed by atoms with van der Waals surface area (Å²) < 4.78 is 0. The van der Waals surface area contributed by atoms with Crippen molar-refractivity contribution < 1.29 is 14.4 Å². The fourth-order valence-electron chi connectivity index (χ4n) is 6.77. The van der Waals surface area contributed by atoms with Crippen molar-refractivity contribution in [3.8, 4) is 0 Å². The van der Waals surface area contributed by atoms with E-state index in [2.05, 4.69) is 5.32 Å². The molecule has 0 unspecified atom stereocenters. The second-order valence-electron chi connectivity index (χ2n) is 9.69. The Bertz CT molecular complexity index is 1000. The number of rotatable bonds is 3. The lowest BCUT2D eigenvalue weighted by atomic mass is 9.49. The van der Waals surface area contributed by atoms with E-state index < -0.39 is 0 Å². The molecule has 0 spiro atoms. The number of amides is 3. The quantitative estimate of drug-likeness (QED) is 0.763. The van der Waals surface area contributed by atoms with Gasteiger partial charge in [0, 0.05) is 5.69 Å². The highest BCUT2D eigenvalue weighted by molar-refractivity contribution is 6.34. The van der Waals surface area contributed by atoms with Gasteiger partial charge in [0.15, 0.2) is 0 Å². The molecule has 1 N–H and O–H groups in total. The second kappa shape index (κ2) is 6.27. The van der Waals surface area contributed by atoms with Crippen LogP contribution >= 0.6 is 0 Å². The molecule has 0 atom stereocenters. The highest BCUT2D eigenvalue weighted by Gasteiger charge is 2.54. The maximum absolute atomic E-state index is 13.2.